The summed E-state index contributed by atoms with van der Waals surface area (Å²) in [6, 6.07) is 0. The molecule has 0 aliphatic heterocycles. The first-order valence-corrected chi connectivity index (χ1v) is 7.73. The Balaban J connectivity index is 2.38. The van der Waals surface area contributed by atoms with Crippen LogP contribution in [-0.2, 0) is 17.1 Å². The van der Waals surface area contributed by atoms with Crippen molar-refractivity contribution in [3.8, 4) is 0 Å². The van der Waals surface area contributed by atoms with Gasteiger partial charge in [-0.2, -0.15) is 5.10 Å². The average Bonchev–Trinajstić information content (AvgIpc) is 2.85. The molecular weight excluding hydrogens is 268 g/mol. The minimum Gasteiger partial charge on any atom is -0.394 e. The van der Waals surface area contributed by atoms with Crippen LogP contribution in [0.4, 0.5) is 5.82 Å². The summed E-state index contributed by atoms with van der Waals surface area (Å²) in [6.45, 7) is 1.45. The molecule has 1 aliphatic rings. The van der Waals surface area contributed by atoms with Crippen LogP contribution in [0.5, 0.6) is 0 Å². The summed E-state index contributed by atoms with van der Waals surface area (Å²) in [6.07, 6.45) is 3.10. The van der Waals surface area contributed by atoms with E-state index in [0.29, 0.717) is 18.5 Å². The van der Waals surface area contributed by atoms with Crippen molar-refractivity contribution in [2.24, 2.45) is 7.05 Å². The predicted molar refractivity (Wildman–Crippen MR) is 71.0 cm³/mol. The van der Waals surface area contributed by atoms with Crippen molar-refractivity contribution in [2.75, 3.05) is 12.3 Å². The van der Waals surface area contributed by atoms with Gasteiger partial charge in [0.15, 0.2) is 5.82 Å². The first-order valence-electron chi connectivity index (χ1n) is 6.25. The highest BCUT2D eigenvalue weighted by molar-refractivity contribution is 7.89. The average molecular weight is 288 g/mol. The SMILES string of the molecule is Cc1c(S(=O)(=O)NC2(CO)CCCC2)c(N)nn1C. The Morgan fingerprint density at radius 2 is 2.05 bits per heavy atom. The maximum Gasteiger partial charge on any atom is 0.246 e. The molecule has 0 atom stereocenters. The van der Waals surface area contributed by atoms with Crippen LogP contribution in [0.2, 0.25) is 0 Å². The third-order valence-corrected chi connectivity index (χ3v) is 5.53. The number of nitrogens with zero attached hydrogens (tertiary/aromatic N) is 2. The fourth-order valence-corrected chi connectivity index (χ4v) is 4.40. The minimum absolute atomic E-state index is 0.00900. The van der Waals surface area contributed by atoms with E-state index in [1.807, 2.05) is 0 Å². The van der Waals surface area contributed by atoms with E-state index in [2.05, 4.69) is 9.82 Å². The van der Waals surface area contributed by atoms with Gasteiger partial charge in [0, 0.05) is 7.05 Å². The Hall–Kier alpha value is -1.12. The quantitative estimate of drug-likeness (QED) is 0.716. The van der Waals surface area contributed by atoms with E-state index in [1.165, 1.54) is 4.68 Å². The lowest BCUT2D eigenvalue weighted by Gasteiger charge is -2.27. The predicted octanol–water partition coefficient (Wildman–Crippen LogP) is -0.106. The molecule has 0 spiro atoms. The topological polar surface area (TPSA) is 110 Å². The van der Waals surface area contributed by atoms with Gasteiger partial charge >= 0.3 is 0 Å². The number of hydrogen-bond acceptors (Lipinski definition) is 5. The van der Waals surface area contributed by atoms with Crippen LogP contribution in [0.15, 0.2) is 4.90 Å². The van der Waals surface area contributed by atoms with Gasteiger partial charge in [-0.1, -0.05) is 12.8 Å². The molecule has 1 fully saturated rings. The molecule has 8 heteroatoms. The van der Waals surface area contributed by atoms with Crippen molar-refractivity contribution in [1.82, 2.24) is 14.5 Å². The minimum atomic E-state index is -3.77. The van der Waals surface area contributed by atoms with Crippen molar-refractivity contribution in [3.63, 3.8) is 0 Å². The Morgan fingerprint density at radius 1 is 1.47 bits per heavy atom. The smallest absolute Gasteiger partial charge is 0.246 e. The summed E-state index contributed by atoms with van der Waals surface area (Å²) in [5.74, 6) is -0.0152. The van der Waals surface area contributed by atoms with E-state index in [1.54, 1.807) is 14.0 Å². The van der Waals surface area contributed by atoms with Gasteiger partial charge in [0.2, 0.25) is 10.0 Å². The molecule has 7 nitrogen and oxygen atoms in total. The number of aromatic nitrogens is 2. The first kappa shape index (κ1) is 14.3. The Kier molecular flexibility index (Phi) is 3.59. The zero-order valence-corrected chi connectivity index (χ0v) is 12.0. The molecule has 2 rings (SSSR count). The highest BCUT2D eigenvalue weighted by Gasteiger charge is 2.39. The van der Waals surface area contributed by atoms with Crippen molar-refractivity contribution in [1.29, 1.82) is 0 Å². The number of aryl methyl sites for hydroxylation is 1. The number of sulfonamides is 1. The van der Waals surface area contributed by atoms with Gasteiger partial charge < -0.3 is 10.8 Å². The monoisotopic (exact) mass is 288 g/mol. The third kappa shape index (κ3) is 2.47. The van der Waals surface area contributed by atoms with Crippen LogP contribution in [0.25, 0.3) is 0 Å². The molecule has 0 radical (unpaired) electrons. The summed E-state index contributed by atoms with van der Waals surface area (Å²) in [7, 11) is -2.13. The molecule has 1 aromatic rings. The molecule has 0 amide bonds. The van der Waals surface area contributed by atoms with Crippen molar-refractivity contribution < 1.29 is 13.5 Å². The normalized spacial score (nSPS) is 18.9. The second-order valence-corrected chi connectivity index (χ2v) is 6.79. The first-order chi connectivity index (χ1) is 8.81. The standard InChI is InChI=1S/C11H20N4O3S/c1-8-9(10(12)13-15(8)2)19(17,18)14-11(7-16)5-3-4-6-11/h14,16H,3-7H2,1-2H3,(H2,12,13). The number of nitrogens with two attached hydrogens (primary N) is 1. The summed E-state index contributed by atoms with van der Waals surface area (Å²) in [5.41, 5.74) is 5.40. The Bertz CT molecular complexity index is 573. The van der Waals surface area contributed by atoms with Crippen molar-refractivity contribution in [2.45, 2.75) is 43.0 Å². The fraction of sp³-hybridized carbons (Fsp3) is 0.727. The maximum absolute atomic E-state index is 12.5. The van der Waals surface area contributed by atoms with Crippen LogP contribution >= 0.6 is 0 Å². The zero-order valence-electron chi connectivity index (χ0n) is 11.2. The van der Waals surface area contributed by atoms with Crippen LogP contribution < -0.4 is 10.5 Å². The van der Waals surface area contributed by atoms with E-state index in [0.717, 1.165) is 12.8 Å². The maximum atomic E-state index is 12.5. The molecule has 108 valence electrons. The molecule has 0 bridgehead atoms. The second kappa shape index (κ2) is 4.77. The molecule has 1 saturated carbocycles. The van der Waals surface area contributed by atoms with E-state index < -0.39 is 15.6 Å². The van der Waals surface area contributed by atoms with Gasteiger partial charge in [0.05, 0.1) is 17.8 Å². The molecule has 1 heterocycles. The summed E-state index contributed by atoms with van der Waals surface area (Å²) >= 11 is 0. The largest absolute Gasteiger partial charge is 0.394 e. The van der Waals surface area contributed by atoms with Crippen molar-refractivity contribution in [3.05, 3.63) is 5.69 Å². The summed E-state index contributed by atoms with van der Waals surface area (Å²) in [5, 5.41) is 13.4. The van der Waals surface area contributed by atoms with Gasteiger partial charge in [-0.15, -0.1) is 0 Å². The number of aliphatic hydroxyl groups excluding tert-OH is 1. The lowest BCUT2D eigenvalue weighted by Crippen LogP contribution is -2.49. The lowest BCUT2D eigenvalue weighted by molar-refractivity contribution is 0.185. The Morgan fingerprint density at radius 3 is 2.47 bits per heavy atom. The molecular formula is C11H20N4O3S. The molecule has 19 heavy (non-hydrogen) atoms. The molecule has 0 aromatic carbocycles. The number of aliphatic hydroxyl groups is 1. The van der Waals surface area contributed by atoms with Crippen LogP contribution in [0, 0.1) is 6.92 Å². The van der Waals surface area contributed by atoms with Gasteiger partial charge in [-0.25, -0.2) is 13.1 Å². The van der Waals surface area contributed by atoms with Gasteiger partial charge in [0.25, 0.3) is 0 Å². The van der Waals surface area contributed by atoms with Crippen molar-refractivity contribution >= 4 is 15.8 Å². The van der Waals surface area contributed by atoms with Gasteiger partial charge in [-0.05, 0) is 19.8 Å². The van der Waals surface area contributed by atoms with Crippen LogP contribution in [0.3, 0.4) is 0 Å². The number of nitrogen functional groups attached to an aromatic ring is 1. The molecule has 4 N–H and O–H groups in total. The number of anilines is 1. The van der Waals surface area contributed by atoms with Crippen LogP contribution in [-0.4, -0.2) is 35.5 Å². The third-order valence-electron chi connectivity index (χ3n) is 3.79. The molecule has 1 aromatic heterocycles. The molecule has 0 saturated heterocycles. The number of nitrogens with one attached hydrogen (secondary N) is 1. The van der Waals surface area contributed by atoms with Gasteiger partial charge in [-0.3, -0.25) is 4.68 Å². The molecule has 0 unspecified atom stereocenters. The fourth-order valence-electron chi connectivity index (χ4n) is 2.63. The zero-order chi connectivity index (χ0) is 14.3. The second-order valence-electron chi connectivity index (χ2n) is 5.17. The summed E-state index contributed by atoms with van der Waals surface area (Å²) < 4.78 is 29.0. The number of hydrogen-bond donors (Lipinski definition) is 3. The summed E-state index contributed by atoms with van der Waals surface area (Å²) in [4.78, 5) is 0.00900. The van der Waals surface area contributed by atoms with E-state index in [-0.39, 0.29) is 17.3 Å². The highest BCUT2D eigenvalue weighted by atomic mass is 32.2. The van der Waals surface area contributed by atoms with E-state index in [4.69, 9.17) is 5.73 Å². The number of rotatable bonds is 4. The van der Waals surface area contributed by atoms with Gasteiger partial charge in [0.1, 0.15) is 4.90 Å². The van der Waals surface area contributed by atoms with E-state index in [9.17, 15) is 13.5 Å². The molecule has 1 aliphatic carbocycles. The van der Waals surface area contributed by atoms with Crippen LogP contribution in [0.1, 0.15) is 31.4 Å². The Labute approximate surface area is 112 Å². The van der Waals surface area contributed by atoms with E-state index >= 15 is 0 Å². The highest BCUT2D eigenvalue weighted by Crippen LogP contribution is 2.32. The lowest BCUT2D eigenvalue weighted by atomic mass is 10.0.